The molecule has 1 heterocycles. The summed E-state index contributed by atoms with van der Waals surface area (Å²) in [7, 11) is 0. The van der Waals surface area contributed by atoms with E-state index in [1.165, 1.54) is 6.42 Å². The fourth-order valence-electron chi connectivity index (χ4n) is 2.07. The molecular weight excluding hydrogens is 331 g/mol. The molecule has 0 aliphatic carbocycles. The number of hydrogen-bond donors (Lipinski definition) is 2. The van der Waals surface area contributed by atoms with Crippen molar-refractivity contribution in [2.75, 3.05) is 18.5 Å². The van der Waals surface area contributed by atoms with Gasteiger partial charge in [-0.25, -0.2) is 4.39 Å². The van der Waals surface area contributed by atoms with Crippen molar-refractivity contribution in [2.24, 2.45) is 5.73 Å². The molecule has 1 fully saturated rings. The summed E-state index contributed by atoms with van der Waals surface area (Å²) in [4.78, 5) is 0.174. The summed E-state index contributed by atoms with van der Waals surface area (Å²) in [6, 6.07) is 3.36. The Bertz CT molecular complexity index is 478. The van der Waals surface area contributed by atoms with E-state index < -0.39 is 0 Å². The van der Waals surface area contributed by atoms with Gasteiger partial charge in [0.15, 0.2) is 5.82 Å². The lowest BCUT2D eigenvalue weighted by Gasteiger charge is -2.23. The zero-order valence-electron chi connectivity index (χ0n) is 10.4. The number of thiocarbonyl (C=S) groups is 1. The predicted octanol–water partition coefficient (Wildman–Crippen LogP) is 3.20. The second-order valence-corrected chi connectivity index (χ2v) is 5.76. The third-order valence-corrected chi connectivity index (χ3v) is 4.14. The molecule has 1 unspecified atom stereocenters. The molecule has 0 spiro atoms. The SMILES string of the molecule is NC(=S)c1ccc(NCC2CCCCO2)c(F)c1Br. The highest BCUT2D eigenvalue weighted by Crippen LogP contribution is 2.27. The van der Waals surface area contributed by atoms with E-state index >= 15 is 0 Å². The Hall–Kier alpha value is -0.720. The summed E-state index contributed by atoms with van der Waals surface area (Å²) in [6.45, 7) is 1.40. The van der Waals surface area contributed by atoms with E-state index in [9.17, 15) is 4.39 Å². The molecule has 1 aliphatic heterocycles. The first-order valence-electron chi connectivity index (χ1n) is 6.23. The molecule has 2 rings (SSSR count). The summed E-state index contributed by atoms with van der Waals surface area (Å²) in [5, 5.41) is 3.08. The van der Waals surface area contributed by atoms with Crippen molar-refractivity contribution in [1.29, 1.82) is 0 Å². The third-order valence-electron chi connectivity index (χ3n) is 3.14. The normalized spacial score (nSPS) is 19.2. The van der Waals surface area contributed by atoms with Crippen molar-refractivity contribution in [3.63, 3.8) is 0 Å². The first kappa shape index (κ1) is 14.7. The number of rotatable bonds is 4. The highest BCUT2D eigenvalue weighted by atomic mass is 79.9. The van der Waals surface area contributed by atoms with Gasteiger partial charge < -0.3 is 15.8 Å². The van der Waals surface area contributed by atoms with Crippen LogP contribution in [-0.4, -0.2) is 24.2 Å². The Labute approximate surface area is 125 Å². The van der Waals surface area contributed by atoms with Crippen LogP contribution in [0.4, 0.5) is 10.1 Å². The zero-order chi connectivity index (χ0) is 13.8. The molecule has 3 nitrogen and oxygen atoms in total. The predicted molar refractivity (Wildman–Crippen MR) is 82.1 cm³/mol. The van der Waals surface area contributed by atoms with Crippen LogP contribution >= 0.6 is 28.1 Å². The van der Waals surface area contributed by atoms with Crippen LogP contribution in [0.15, 0.2) is 16.6 Å². The monoisotopic (exact) mass is 346 g/mol. The Morgan fingerprint density at radius 1 is 1.53 bits per heavy atom. The van der Waals surface area contributed by atoms with Gasteiger partial charge in [-0.15, -0.1) is 0 Å². The minimum atomic E-state index is -0.374. The van der Waals surface area contributed by atoms with Crippen LogP contribution < -0.4 is 11.1 Å². The fraction of sp³-hybridized carbons (Fsp3) is 0.462. The third kappa shape index (κ3) is 3.64. The van der Waals surface area contributed by atoms with Gasteiger partial charge >= 0.3 is 0 Å². The van der Waals surface area contributed by atoms with E-state index in [4.69, 9.17) is 22.7 Å². The van der Waals surface area contributed by atoms with Gasteiger partial charge in [-0.05, 0) is 47.3 Å². The molecule has 6 heteroatoms. The summed E-state index contributed by atoms with van der Waals surface area (Å²) < 4.78 is 20.0. The standard InChI is InChI=1S/C13H16BrFN2OS/c14-11-9(13(16)19)4-5-10(12(11)15)17-7-8-3-1-2-6-18-8/h4-5,8,17H,1-3,6-7H2,(H2,16,19). The molecule has 104 valence electrons. The molecule has 1 aromatic rings. The van der Waals surface area contributed by atoms with Gasteiger partial charge in [0.25, 0.3) is 0 Å². The zero-order valence-corrected chi connectivity index (χ0v) is 12.8. The summed E-state index contributed by atoms with van der Waals surface area (Å²) in [5.74, 6) is -0.374. The quantitative estimate of drug-likeness (QED) is 0.822. The Kier molecular flexibility index (Phi) is 5.13. The van der Waals surface area contributed by atoms with Crippen LogP contribution in [-0.2, 0) is 4.74 Å². The van der Waals surface area contributed by atoms with Crippen LogP contribution in [0.1, 0.15) is 24.8 Å². The second-order valence-electron chi connectivity index (χ2n) is 4.52. The molecule has 0 bridgehead atoms. The largest absolute Gasteiger partial charge is 0.389 e. The Morgan fingerprint density at radius 2 is 2.32 bits per heavy atom. The lowest BCUT2D eigenvalue weighted by molar-refractivity contribution is 0.0247. The number of nitrogens with two attached hydrogens (primary N) is 1. The van der Waals surface area contributed by atoms with Crippen LogP contribution in [0, 0.1) is 5.82 Å². The smallest absolute Gasteiger partial charge is 0.161 e. The summed E-state index contributed by atoms with van der Waals surface area (Å²) in [5.41, 5.74) is 6.46. The average Bonchev–Trinajstić information content (AvgIpc) is 2.41. The maximum Gasteiger partial charge on any atom is 0.161 e. The number of hydrogen-bond acceptors (Lipinski definition) is 3. The molecule has 0 aromatic heterocycles. The maximum atomic E-state index is 14.1. The van der Waals surface area contributed by atoms with Crippen LogP contribution in [0.25, 0.3) is 0 Å². The molecular formula is C13H16BrFN2OS. The van der Waals surface area contributed by atoms with Gasteiger partial charge in [-0.3, -0.25) is 0 Å². The van der Waals surface area contributed by atoms with Crippen LogP contribution in [0.3, 0.4) is 0 Å². The molecule has 1 aliphatic rings. The van der Waals surface area contributed by atoms with Crippen molar-refractivity contribution in [2.45, 2.75) is 25.4 Å². The fourth-order valence-corrected chi connectivity index (χ4v) is 2.93. The number of nitrogens with one attached hydrogen (secondary N) is 1. The lowest BCUT2D eigenvalue weighted by Crippen LogP contribution is -2.27. The van der Waals surface area contributed by atoms with E-state index in [-0.39, 0.29) is 16.9 Å². The van der Waals surface area contributed by atoms with E-state index in [0.717, 1.165) is 19.4 Å². The van der Waals surface area contributed by atoms with Gasteiger partial charge in [0.2, 0.25) is 0 Å². The summed E-state index contributed by atoms with van der Waals surface area (Å²) in [6.07, 6.45) is 3.45. The van der Waals surface area contributed by atoms with Crippen LogP contribution in [0.5, 0.6) is 0 Å². The minimum absolute atomic E-state index is 0.155. The van der Waals surface area contributed by atoms with Gasteiger partial charge in [-0.2, -0.15) is 0 Å². The number of halogens is 2. The second kappa shape index (κ2) is 6.63. The van der Waals surface area contributed by atoms with Gasteiger partial charge in [0.1, 0.15) is 4.99 Å². The van der Waals surface area contributed by atoms with Crippen molar-refractivity contribution < 1.29 is 9.13 Å². The average molecular weight is 347 g/mol. The van der Waals surface area contributed by atoms with Crippen molar-refractivity contribution >= 4 is 38.8 Å². The van der Waals surface area contributed by atoms with E-state index in [2.05, 4.69) is 21.2 Å². The lowest BCUT2D eigenvalue weighted by atomic mass is 10.1. The number of anilines is 1. The van der Waals surface area contributed by atoms with Crippen molar-refractivity contribution in [1.82, 2.24) is 0 Å². The number of ether oxygens (including phenoxy) is 1. The van der Waals surface area contributed by atoms with Crippen LogP contribution in [0.2, 0.25) is 0 Å². The molecule has 0 radical (unpaired) electrons. The first-order chi connectivity index (χ1) is 9.09. The summed E-state index contributed by atoms with van der Waals surface area (Å²) >= 11 is 8.04. The highest BCUT2D eigenvalue weighted by molar-refractivity contribution is 9.10. The molecule has 0 saturated carbocycles. The van der Waals surface area contributed by atoms with Gasteiger partial charge in [0.05, 0.1) is 16.3 Å². The van der Waals surface area contributed by atoms with E-state index in [1.54, 1.807) is 12.1 Å². The maximum absolute atomic E-state index is 14.1. The number of benzene rings is 1. The molecule has 3 N–H and O–H groups in total. The van der Waals surface area contributed by atoms with Crippen molar-refractivity contribution in [3.05, 3.63) is 28.0 Å². The highest BCUT2D eigenvalue weighted by Gasteiger charge is 2.16. The molecule has 0 amide bonds. The topological polar surface area (TPSA) is 47.3 Å². The molecule has 19 heavy (non-hydrogen) atoms. The Morgan fingerprint density at radius 3 is 2.95 bits per heavy atom. The van der Waals surface area contributed by atoms with Gasteiger partial charge in [0, 0.05) is 18.7 Å². The molecule has 1 atom stereocenters. The molecule has 1 saturated heterocycles. The minimum Gasteiger partial charge on any atom is -0.389 e. The van der Waals surface area contributed by atoms with Crippen molar-refractivity contribution in [3.8, 4) is 0 Å². The van der Waals surface area contributed by atoms with E-state index in [1.807, 2.05) is 0 Å². The molecule has 1 aromatic carbocycles. The first-order valence-corrected chi connectivity index (χ1v) is 7.43. The van der Waals surface area contributed by atoms with Gasteiger partial charge in [-0.1, -0.05) is 12.2 Å². The Balaban J connectivity index is 2.04. The van der Waals surface area contributed by atoms with E-state index in [0.29, 0.717) is 22.3 Å².